The fourth-order valence-electron chi connectivity index (χ4n) is 3.18. The Bertz CT molecular complexity index is 838. The van der Waals surface area contributed by atoms with Crippen molar-refractivity contribution in [3.8, 4) is 11.5 Å². The van der Waals surface area contributed by atoms with Crippen molar-refractivity contribution in [3.05, 3.63) is 47.0 Å². The molecule has 6 heteroatoms. The second-order valence-electron chi connectivity index (χ2n) is 6.47. The molecule has 0 atom stereocenters. The Balaban J connectivity index is 2.26. The number of methoxy groups -OCH3 is 2. The smallest absolute Gasteiger partial charge is 0.244 e. The van der Waals surface area contributed by atoms with Crippen LogP contribution in [-0.4, -0.2) is 32.6 Å². The van der Waals surface area contributed by atoms with Gasteiger partial charge in [-0.15, -0.1) is 0 Å². The Morgan fingerprint density at radius 1 is 1.00 bits per heavy atom. The lowest BCUT2D eigenvalue weighted by molar-refractivity contribution is -0.120. The minimum atomic E-state index is -0.312. The number of rotatable bonds is 6. The molecule has 0 saturated heterocycles. The van der Waals surface area contributed by atoms with Gasteiger partial charge in [0.1, 0.15) is 18.0 Å². The fraction of sp³-hybridized carbons (Fsp3) is 0.333. The van der Waals surface area contributed by atoms with E-state index in [1.54, 1.807) is 25.3 Å². The molecule has 0 aliphatic heterocycles. The number of aryl methyl sites for hydroxylation is 3. The number of hydrogen-bond donors (Lipinski definition) is 1. The van der Waals surface area contributed by atoms with Crippen molar-refractivity contribution in [1.82, 2.24) is 0 Å². The third-order valence-electron chi connectivity index (χ3n) is 4.27. The molecule has 0 unspecified atom stereocenters. The van der Waals surface area contributed by atoms with Crippen molar-refractivity contribution in [2.75, 3.05) is 31.0 Å². The lowest BCUT2D eigenvalue weighted by Crippen LogP contribution is -2.37. The monoisotopic (exact) mass is 370 g/mol. The molecule has 0 aliphatic rings. The van der Waals surface area contributed by atoms with Gasteiger partial charge in [0.2, 0.25) is 11.8 Å². The van der Waals surface area contributed by atoms with Crippen molar-refractivity contribution in [2.45, 2.75) is 27.7 Å². The first-order valence-electron chi connectivity index (χ1n) is 8.64. The molecule has 0 heterocycles. The number of hydrogen-bond acceptors (Lipinski definition) is 4. The second-order valence-corrected chi connectivity index (χ2v) is 6.47. The molecule has 0 bridgehead atoms. The first-order valence-corrected chi connectivity index (χ1v) is 8.64. The van der Waals surface area contributed by atoms with Crippen LogP contribution in [0.5, 0.6) is 11.5 Å². The van der Waals surface area contributed by atoms with Crippen LogP contribution in [0.15, 0.2) is 30.3 Å². The molecule has 6 nitrogen and oxygen atoms in total. The van der Waals surface area contributed by atoms with Crippen molar-refractivity contribution in [2.24, 2.45) is 0 Å². The summed E-state index contributed by atoms with van der Waals surface area (Å²) in [5, 5.41) is 2.80. The van der Waals surface area contributed by atoms with E-state index in [-0.39, 0.29) is 18.4 Å². The SMILES string of the molecule is COc1ccc(NC(=O)CN(C(C)=O)c2c(C)cc(C)cc2C)c(OC)c1. The molecule has 0 saturated carbocycles. The van der Waals surface area contributed by atoms with Crippen molar-refractivity contribution in [3.63, 3.8) is 0 Å². The predicted molar refractivity (Wildman–Crippen MR) is 107 cm³/mol. The fourth-order valence-corrected chi connectivity index (χ4v) is 3.18. The van der Waals surface area contributed by atoms with Gasteiger partial charge in [0.25, 0.3) is 0 Å². The maximum atomic E-state index is 12.6. The van der Waals surface area contributed by atoms with Gasteiger partial charge in [0.05, 0.1) is 25.6 Å². The summed E-state index contributed by atoms with van der Waals surface area (Å²) in [4.78, 5) is 26.3. The Morgan fingerprint density at radius 2 is 1.63 bits per heavy atom. The van der Waals surface area contributed by atoms with E-state index in [2.05, 4.69) is 5.32 Å². The molecule has 0 spiro atoms. The molecule has 2 rings (SSSR count). The van der Waals surface area contributed by atoms with Crippen LogP contribution in [0.2, 0.25) is 0 Å². The number of nitrogens with one attached hydrogen (secondary N) is 1. The highest BCUT2D eigenvalue weighted by atomic mass is 16.5. The zero-order valence-electron chi connectivity index (χ0n) is 16.7. The first kappa shape index (κ1) is 20.3. The third kappa shape index (κ3) is 4.78. The first-order chi connectivity index (χ1) is 12.8. The average Bonchev–Trinajstić information content (AvgIpc) is 2.60. The summed E-state index contributed by atoms with van der Waals surface area (Å²) in [5.41, 5.74) is 4.31. The number of anilines is 2. The van der Waals surface area contributed by atoms with Gasteiger partial charge in [-0.1, -0.05) is 17.7 Å². The van der Waals surface area contributed by atoms with Crippen LogP contribution in [0.4, 0.5) is 11.4 Å². The Labute approximate surface area is 160 Å². The highest BCUT2D eigenvalue weighted by Crippen LogP contribution is 2.30. The van der Waals surface area contributed by atoms with Gasteiger partial charge in [-0.3, -0.25) is 9.59 Å². The van der Waals surface area contributed by atoms with Gasteiger partial charge in [-0.05, 0) is 44.0 Å². The molecule has 2 aromatic carbocycles. The number of amides is 2. The summed E-state index contributed by atoms with van der Waals surface area (Å²) in [6, 6.07) is 9.13. The number of ether oxygens (including phenoxy) is 2. The number of carbonyl (C=O) groups excluding carboxylic acids is 2. The summed E-state index contributed by atoms with van der Waals surface area (Å²) in [7, 11) is 3.08. The van der Waals surface area contributed by atoms with Gasteiger partial charge in [0, 0.05) is 13.0 Å². The van der Waals surface area contributed by atoms with Crippen LogP contribution < -0.4 is 19.7 Å². The molecule has 144 valence electrons. The average molecular weight is 370 g/mol. The maximum absolute atomic E-state index is 12.6. The van der Waals surface area contributed by atoms with E-state index in [0.29, 0.717) is 17.2 Å². The van der Waals surface area contributed by atoms with Gasteiger partial charge >= 0.3 is 0 Å². The van der Waals surface area contributed by atoms with Crippen LogP contribution in [0.1, 0.15) is 23.6 Å². The summed E-state index contributed by atoms with van der Waals surface area (Å²) in [6.45, 7) is 7.26. The maximum Gasteiger partial charge on any atom is 0.244 e. The summed E-state index contributed by atoms with van der Waals surface area (Å²) < 4.78 is 10.5. The normalized spacial score (nSPS) is 10.3. The predicted octanol–water partition coefficient (Wildman–Crippen LogP) is 3.62. The molecular formula is C21H26N2O4. The number of nitrogens with zero attached hydrogens (tertiary/aromatic N) is 1. The number of benzene rings is 2. The quantitative estimate of drug-likeness (QED) is 0.843. The molecule has 0 aliphatic carbocycles. The molecule has 0 aromatic heterocycles. The van der Waals surface area contributed by atoms with Crippen LogP contribution in [0.25, 0.3) is 0 Å². The van der Waals surface area contributed by atoms with Crippen LogP contribution >= 0.6 is 0 Å². The van der Waals surface area contributed by atoms with E-state index in [4.69, 9.17) is 9.47 Å². The molecule has 2 aromatic rings. The summed E-state index contributed by atoms with van der Waals surface area (Å²) >= 11 is 0. The third-order valence-corrected chi connectivity index (χ3v) is 4.27. The molecule has 2 amide bonds. The lowest BCUT2D eigenvalue weighted by atomic mass is 10.0. The van der Waals surface area contributed by atoms with Crippen molar-refractivity contribution >= 4 is 23.2 Å². The van der Waals surface area contributed by atoms with E-state index < -0.39 is 0 Å². The highest BCUT2D eigenvalue weighted by Gasteiger charge is 2.20. The van der Waals surface area contributed by atoms with Gasteiger partial charge in [0.15, 0.2) is 0 Å². The Kier molecular flexibility index (Phi) is 6.45. The van der Waals surface area contributed by atoms with Crippen molar-refractivity contribution in [1.29, 1.82) is 0 Å². The van der Waals surface area contributed by atoms with Gasteiger partial charge in [-0.2, -0.15) is 0 Å². The standard InChI is InChI=1S/C21H26N2O4/c1-13-9-14(2)21(15(3)10-13)23(16(4)24)12-20(25)22-18-8-7-17(26-5)11-19(18)27-6/h7-11H,12H2,1-6H3,(H,22,25). The molecular weight excluding hydrogens is 344 g/mol. The van der Waals surface area contributed by atoms with E-state index in [0.717, 1.165) is 22.4 Å². The molecule has 0 radical (unpaired) electrons. The zero-order chi connectivity index (χ0) is 20.1. The van der Waals surface area contributed by atoms with Gasteiger partial charge in [-0.25, -0.2) is 0 Å². The summed E-state index contributed by atoms with van der Waals surface area (Å²) in [6.07, 6.45) is 0. The van der Waals surface area contributed by atoms with E-state index >= 15 is 0 Å². The van der Waals surface area contributed by atoms with Crippen LogP contribution in [-0.2, 0) is 9.59 Å². The molecule has 27 heavy (non-hydrogen) atoms. The van der Waals surface area contributed by atoms with E-state index in [9.17, 15) is 9.59 Å². The van der Waals surface area contributed by atoms with Gasteiger partial charge < -0.3 is 19.7 Å². The topological polar surface area (TPSA) is 67.9 Å². The zero-order valence-corrected chi connectivity index (χ0v) is 16.7. The molecule has 0 fully saturated rings. The van der Waals surface area contributed by atoms with Crippen molar-refractivity contribution < 1.29 is 19.1 Å². The van der Waals surface area contributed by atoms with E-state index in [1.807, 2.05) is 32.9 Å². The minimum Gasteiger partial charge on any atom is -0.497 e. The van der Waals surface area contributed by atoms with E-state index in [1.165, 1.54) is 18.9 Å². The number of carbonyl (C=O) groups is 2. The lowest BCUT2D eigenvalue weighted by Gasteiger charge is -2.25. The Morgan fingerprint density at radius 3 is 2.15 bits per heavy atom. The highest BCUT2D eigenvalue weighted by molar-refractivity contribution is 6.03. The van der Waals surface area contributed by atoms with Crippen LogP contribution in [0.3, 0.4) is 0 Å². The summed E-state index contributed by atoms with van der Waals surface area (Å²) in [5.74, 6) is 0.607. The Hall–Kier alpha value is -3.02. The minimum absolute atomic E-state index is 0.0880. The molecule has 1 N–H and O–H groups in total. The largest absolute Gasteiger partial charge is 0.497 e. The second kappa shape index (κ2) is 8.58. The van der Waals surface area contributed by atoms with Crippen LogP contribution in [0, 0.1) is 20.8 Å².